The lowest BCUT2D eigenvalue weighted by Gasteiger charge is -2.34. The van der Waals surface area contributed by atoms with E-state index in [2.05, 4.69) is 33.7 Å². The molecule has 0 bridgehead atoms. The van der Waals surface area contributed by atoms with Crippen LogP contribution >= 0.6 is 0 Å². The minimum absolute atomic E-state index is 0.225. The summed E-state index contributed by atoms with van der Waals surface area (Å²) in [5.41, 5.74) is 4.11. The second-order valence-electron chi connectivity index (χ2n) is 7.96. The summed E-state index contributed by atoms with van der Waals surface area (Å²) in [7, 11) is 3.08. The first kappa shape index (κ1) is 22.7. The number of fused-ring (bicyclic) bond motifs is 1. The van der Waals surface area contributed by atoms with Crippen molar-refractivity contribution in [2.24, 2.45) is 0 Å². The summed E-state index contributed by atoms with van der Waals surface area (Å²) in [6, 6.07) is 12.6. The van der Waals surface area contributed by atoms with Gasteiger partial charge < -0.3 is 24.8 Å². The fraction of sp³-hybridized carbons (Fsp3) is 0.360. The lowest BCUT2D eigenvalue weighted by atomic mass is 9.93. The van der Waals surface area contributed by atoms with Crippen molar-refractivity contribution in [1.29, 1.82) is 0 Å². The third-order valence-corrected chi connectivity index (χ3v) is 5.98. The zero-order valence-corrected chi connectivity index (χ0v) is 19.1. The second-order valence-corrected chi connectivity index (χ2v) is 7.96. The molecule has 0 spiro atoms. The first-order valence-corrected chi connectivity index (χ1v) is 11.0. The summed E-state index contributed by atoms with van der Waals surface area (Å²) in [5, 5.41) is 5.73. The van der Waals surface area contributed by atoms with Gasteiger partial charge >= 0.3 is 12.0 Å². The van der Waals surface area contributed by atoms with Crippen molar-refractivity contribution in [3.63, 3.8) is 0 Å². The van der Waals surface area contributed by atoms with Crippen LogP contribution in [-0.4, -0.2) is 50.8 Å². The van der Waals surface area contributed by atoms with E-state index >= 15 is 0 Å². The number of hydrogen-bond acceptors (Lipinski definition) is 6. The van der Waals surface area contributed by atoms with Gasteiger partial charge in [-0.25, -0.2) is 9.59 Å². The van der Waals surface area contributed by atoms with Crippen LogP contribution in [-0.2, 0) is 22.5 Å². The van der Waals surface area contributed by atoms with Crippen LogP contribution in [0.5, 0.6) is 11.5 Å². The van der Waals surface area contributed by atoms with Crippen LogP contribution in [0.2, 0.25) is 0 Å². The van der Waals surface area contributed by atoms with Gasteiger partial charge in [-0.1, -0.05) is 36.4 Å². The number of rotatable bonds is 7. The molecule has 33 heavy (non-hydrogen) atoms. The lowest BCUT2D eigenvalue weighted by molar-refractivity contribution is -0.139. The molecule has 8 nitrogen and oxygen atoms in total. The van der Waals surface area contributed by atoms with E-state index in [0.29, 0.717) is 34.9 Å². The molecule has 2 aliphatic rings. The number of carbonyl (C=O) groups excluding carboxylic acids is 2. The minimum Gasteiger partial charge on any atom is -0.493 e. The number of urea groups is 1. The molecular weight excluding hydrogens is 422 g/mol. The molecule has 1 atom stereocenters. The molecule has 0 unspecified atom stereocenters. The summed E-state index contributed by atoms with van der Waals surface area (Å²) in [6.07, 6.45) is 0.914. The molecule has 2 amide bonds. The van der Waals surface area contributed by atoms with Crippen molar-refractivity contribution in [1.82, 2.24) is 15.5 Å². The number of para-hydroxylation sites is 1. The monoisotopic (exact) mass is 451 g/mol. The highest BCUT2D eigenvalue weighted by molar-refractivity contribution is 5.95. The first-order valence-electron chi connectivity index (χ1n) is 11.0. The summed E-state index contributed by atoms with van der Waals surface area (Å²) in [6.45, 7) is 3.97. The summed E-state index contributed by atoms with van der Waals surface area (Å²) < 4.78 is 16.4. The Bertz CT molecular complexity index is 1080. The molecular formula is C25H29N3O5. The van der Waals surface area contributed by atoms with Gasteiger partial charge in [-0.2, -0.15) is 0 Å². The Kier molecular flexibility index (Phi) is 6.84. The molecule has 8 heteroatoms. The average molecular weight is 452 g/mol. The highest BCUT2D eigenvalue weighted by Gasteiger charge is 2.36. The third-order valence-electron chi connectivity index (χ3n) is 5.98. The number of methoxy groups -OCH3 is 2. The quantitative estimate of drug-likeness (QED) is 0.630. The predicted octanol–water partition coefficient (Wildman–Crippen LogP) is 2.93. The van der Waals surface area contributed by atoms with E-state index in [9.17, 15) is 9.59 Å². The van der Waals surface area contributed by atoms with Gasteiger partial charge in [-0.3, -0.25) is 4.90 Å². The molecule has 2 heterocycles. The van der Waals surface area contributed by atoms with Crippen molar-refractivity contribution in [2.45, 2.75) is 25.9 Å². The molecule has 0 saturated carbocycles. The van der Waals surface area contributed by atoms with Gasteiger partial charge in [0.15, 0.2) is 11.5 Å². The maximum Gasteiger partial charge on any atom is 0.338 e. The number of ether oxygens (including phenoxy) is 3. The molecule has 2 aromatic rings. The molecule has 2 aliphatic heterocycles. The molecule has 0 aliphatic carbocycles. The normalized spacial score (nSPS) is 18.2. The van der Waals surface area contributed by atoms with Crippen molar-refractivity contribution in [3.8, 4) is 11.5 Å². The Balaban J connectivity index is 1.74. The third kappa shape index (κ3) is 4.66. The van der Waals surface area contributed by atoms with Crippen LogP contribution in [0, 0.1) is 0 Å². The van der Waals surface area contributed by atoms with Gasteiger partial charge in [0, 0.05) is 30.9 Å². The molecule has 0 aromatic heterocycles. The zero-order chi connectivity index (χ0) is 23.4. The number of esters is 1. The smallest absolute Gasteiger partial charge is 0.338 e. The van der Waals surface area contributed by atoms with E-state index in [1.54, 1.807) is 26.2 Å². The van der Waals surface area contributed by atoms with E-state index in [-0.39, 0.29) is 12.6 Å². The van der Waals surface area contributed by atoms with Crippen molar-refractivity contribution in [3.05, 3.63) is 70.4 Å². The number of nitrogens with one attached hydrogen (secondary N) is 2. The SMILES string of the molecule is CCOC(=O)C1=C(CN2CCc3ccccc3C2)NC(=O)N[C@H]1c1cccc(OC)c1OC. The van der Waals surface area contributed by atoms with E-state index in [1.807, 2.05) is 12.1 Å². The van der Waals surface area contributed by atoms with Crippen LogP contribution in [0.4, 0.5) is 4.79 Å². The molecule has 0 fully saturated rings. The average Bonchev–Trinajstić information content (AvgIpc) is 2.83. The Morgan fingerprint density at radius 3 is 2.61 bits per heavy atom. The van der Waals surface area contributed by atoms with E-state index in [4.69, 9.17) is 14.2 Å². The summed E-state index contributed by atoms with van der Waals surface area (Å²) >= 11 is 0. The van der Waals surface area contributed by atoms with Crippen LogP contribution in [0.15, 0.2) is 53.7 Å². The fourth-order valence-corrected chi connectivity index (χ4v) is 4.48. The standard InChI is InChI=1S/C25H29N3O5/c1-4-33-24(29)21-19(15-28-13-12-16-8-5-6-9-17(16)14-28)26-25(30)27-22(21)18-10-7-11-20(31-2)23(18)32-3/h5-11,22H,4,12-15H2,1-3H3,(H2,26,27,30)/t22-/m0/s1. The van der Waals surface area contributed by atoms with Crippen molar-refractivity contribution < 1.29 is 23.8 Å². The van der Waals surface area contributed by atoms with Crippen LogP contribution in [0.1, 0.15) is 29.7 Å². The van der Waals surface area contributed by atoms with Crippen LogP contribution < -0.4 is 20.1 Å². The molecule has 2 N–H and O–H groups in total. The predicted molar refractivity (Wildman–Crippen MR) is 123 cm³/mol. The Morgan fingerprint density at radius 2 is 1.88 bits per heavy atom. The Labute approximate surface area is 193 Å². The molecule has 0 radical (unpaired) electrons. The second kappa shape index (κ2) is 9.95. The van der Waals surface area contributed by atoms with Gasteiger partial charge in [0.25, 0.3) is 0 Å². The van der Waals surface area contributed by atoms with Gasteiger partial charge in [-0.15, -0.1) is 0 Å². The number of carbonyl (C=O) groups is 2. The van der Waals surface area contributed by atoms with E-state index in [0.717, 1.165) is 19.5 Å². The molecule has 2 aromatic carbocycles. The lowest BCUT2D eigenvalue weighted by Crippen LogP contribution is -2.49. The number of nitrogens with zero attached hydrogens (tertiary/aromatic N) is 1. The van der Waals surface area contributed by atoms with Gasteiger partial charge in [-0.05, 0) is 30.5 Å². The number of benzene rings is 2. The van der Waals surface area contributed by atoms with Crippen molar-refractivity contribution >= 4 is 12.0 Å². The van der Waals surface area contributed by atoms with E-state index in [1.165, 1.54) is 18.2 Å². The largest absolute Gasteiger partial charge is 0.493 e. The summed E-state index contributed by atoms with van der Waals surface area (Å²) in [4.78, 5) is 28.0. The topological polar surface area (TPSA) is 89.1 Å². The van der Waals surface area contributed by atoms with Crippen LogP contribution in [0.3, 0.4) is 0 Å². The van der Waals surface area contributed by atoms with Gasteiger partial charge in [0.05, 0.1) is 32.4 Å². The highest BCUT2D eigenvalue weighted by atomic mass is 16.5. The fourth-order valence-electron chi connectivity index (χ4n) is 4.48. The molecule has 0 saturated heterocycles. The maximum absolute atomic E-state index is 13.1. The molecule has 174 valence electrons. The Hall–Kier alpha value is -3.52. The minimum atomic E-state index is -0.741. The zero-order valence-electron chi connectivity index (χ0n) is 19.1. The first-order chi connectivity index (χ1) is 16.0. The van der Waals surface area contributed by atoms with Crippen LogP contribution in [0.25, 0.3) is 0 Å². The maximum atomic E-state index is 13.1. The van der Waals surface area contributed by atoms with Crippen molar-refractivity contribution in [2.75, 3.05) is 33.9 Å². The number of amides is 2. The van der Waals surface area contributed by atoms with Gasteiger partial charge in [0.2, 0.25) is 0 Å². The Morgan fingerprint density at radius 1 is 1.09 bits per heavy atom. The summed E-state index contributed by atoms with van der Waals surface area (Å²) in [5.74, 6) is 0.493. The number of hydrogen-bond donors (Lipinski definition) is 2. The van der Waals surface area contributed by atoms with Gasteiger partial charge in [0.1, 0.15) is 0 Å². The van der Waals surface area contributed by atoms with E-state index < -0.39 is 12.0 Å². The highest BCUT2D eigenvalue weighted by Crippen LogP contribution is 2.39. The molecule has 4 rings (SSSR count).